The molecule has 7 heteroatoms. The Hall–Kier alpha value is -2.70. The molecule has 0 spiro atoms. The fourth-order valence-electron chi connectivity index (χ4n) is 3.02. The summed E-state index contributed by atoms with van der Waals surface area (Å²) in [7, 11) is 1.81. The molecule has 1 aliphatic rings. The largest absolute Gasteiger partial charge is 0.363 e. The number of aromatic nitrogens is 2. The number of likely N-dealkylation sites (N-methyl/N-ethyl adjacent to an activating group) is 1. The van der Waals surface area contributed by atoms with E-state index in [1.165, 1.54) is 18.5 Å². The molecule has 1 fully saturated rings. The van der Waals surface area contributed by atoms with Crippen molar-refractivity contribution in [2.75, 3.05) is 36.9 Å². The number of halogens is 1. The molecule has 0 saturated carbocycles. The third-order valence-corrected chi connectivity index (χ3v) is 4.63. The Balaban J connectivity index is 1.78. The molecule has 1 unspecified atom stereocenters. The van der Waals surface area contributed by atoms with Crippen LogP contribution in [0.15, 0.2) is 36.7 Å². The molecule has 6 nitrogen and oxygen atoms in total. The SMILES string of the molecule is CC(C)C(Nc1cc(N2CCN(C)C(=O)C2)ncn1)c1ccc(F)cc1. The molecule has 1 saturated heterocycles. The predicted molar refractivity (Wildman–Crippen MR) is 99.5 cm³/mol. The summed E-state index contributed by atoms with van der Waals surface area (Å²) in [5, 5.41) is 3.42. The van der Waals surface area contributed by atoms with Crippen LogP contribution in [-0.2, 0) is 4.79 Å². The molecule has 2 heterocycles. The van der Waals surface area contributed by atoms with E-state index in [1.807, 2.05) is 18.0 Å². The van der Waals surface area contributed by atoms with Gasteiger partial charge in [-0.1, -0.05) is 26.0 Å². The van der Waals surface area contributed by atoms with Crippen molar-refractivity contribution >= 4 is 17.5 Å². The van der Waals surface area contributed by atoms with Crippen LogP contribution in [0.5, 0.6) is 0 Å². The highest BCUT2D eigenvalue weighted by Gasteiger charge is 2.23. The molecule has 0 aliphatic carbocycles. The normalized spacial score (nSPS) is 16.1. The van der Waals surface area contributed by atoms with Crippen molar-refractivity contribution in [2.45, 2.75) is 19.9 Å². The van der Waals surface area contributed by atoms with Crippen molar-refractivity contribution in [3.63, 3.8) is 0 Å². The van der Waals surface area contributed by atoms with Gasteiger partial charge in [-0.15, -0.1) is 0 Å². The van der Waals surface area contributed by atoms with Crippen molar-refractivity contribution in [3.8, 4) is 0 Å². The summed E-state index contributed by atoms with van der Waals surface area (Å²) in [6, 6.07) is 8.36. The monoisotopic (exact) mass is 357 g/mol. The molecule has 3 rings (SSSR count). The zero-order chi connectivity index (χ0) is 18.7. The maximum absolute atomic E-state index is 13.2. The van der Waals surface area contributed by atoms with Crippen LogP contribution in [0.4, 0.5) is 16.0 Å². The summed E-state index contributed by atoms with van der Waals surface area (Å²) in [6.45, 7) is 5.93. The third kappa shape index (κ3) is 4.09. The highest BCUT2D eigenvalue weighted by atomic mass is 19.1. The van der Waals surface area contributed by atoms with Crippen molar-refractivity contribution in [2.24, 2.45) is 5.92 Å². The van der Waals surface area contributed by atoms with Crippen LogP contribution in [0.1, 0.15) is 25.5 Å². The average Bonchev–Trinajstić information content (AvgIpc) is 2.63. The summed E-state index contributed by atoms with van der Waals surface area (Å²) in [4.78, 5) is 24.2. The standard InChI is InChI=1S/C19H24FN5O/c1-13(2)19(14-4-6-15(20)7-5-14)23-16-10-17(22-12-21-16)25-9-8-24(3)18(26)11-25/h4-7,10,12-13,19H,8-9,11H2,1-3H3,(H,21,22,23). The molecule has 138 valence electrons. The highest BCUT2D eigenvalue weighted by molar-refractivity contribution is 5.82. The predicted octanol–water partition coefficient (Wildman–Crippen LogP) is 2.70. The minimum Gasteiger partial charge on any atom is -0.363 e. The van der Waals surface area contributed by atoms with E-state index in [4.69, 9.17) is 0 Å². The van der Waals surface area contributed by atoms with Crippen molar-refractivity contribution in [1.82, 2.24) is 14.9 Å². The first-order chi connectivity index (χ1) is 12.4. The number of nitrogens with one attached hydrogen (secondary N) is 1. The minimum atomic E-state index is -0.250. The van der Waals surface area contributed by atoms with Gasteiger partial charge >= 0.3 is 0 Å². The second-order valence-corrected chi connectivity index (χ2v) is 6.92. The van der Waals surface area contributed by atoms with E-state index in [0.29, 0.717) is 18.9 Å². The smallest absolute Gasteiger partial charge is 0.241 e. The first-order valence-corrected chi connectivity index (χ1v) is 8.77. The second kappa shape index (κ2) is 7.68. The lowest BCUT2D eigenvalue weighted by Gasteiger charge is -2.33. The third-order valence-electron chi connectivity index (χ3n) is 4.63. The van der Waals surface area contributed by atoms with Crippen LogP contribution < -0.4 is 10.2 Å². The molecule has 1 aromatic carbocycles. The molecule has 1 atom stereocenters. The number of benzene rings is 1. The van der Waals surface area contributed by atoms with Gasteiger partial charge < -0.3 is 15.1 Å². The van der Waals surface area contributed by atoms with Gasteiger partial charge in [0, 0.05) is 26.2 Å². The number of carbonyl (C=O) groups excluding carboxylic acids is 1. The van der Waals surface area contributed by atoms with E-state index in [9.17, 15) is 9.18 Å². The lowest BCUT2D eigenvalue weighted by molar-refractivity contribution is -0.129. The van der Waals surface area contributed by atoms with Crippen LogP contribution in [-0.4, -0.2) is 47.5 Å². The van der Waals surface area contributed by atoms with E-state index in [2.05, 4.69) is 29.1 Å². The number of carbonyl (C=O) groups is 1. The summed E-state index contributed by atoms with van der Waals surface area (Å²) < 4.78 is 13.2. The summed E-state index contributed by atoms with van der Waals surface area (Å²) in [6.07, 6.45) is 1.50. The number of piperazine rings is 1. The van der Waals surface area contributed by atoms with Crippen LogP contribution in [0.3, 0.4) is 0 Å². The van der Waals surface area contributed by atoms with Gasteiger partial charge in [0.1, 0.15) is 23.8 Å². The van der Waals surface area contributed by atoms with E-state index >= 15 is 0 Å². The van der Waals surface area contributed by atoms with E-state index in [1.54, 1.807) is 17.0 Å². The minimum absolute atomic E-state index is 0.00697. The summed E-state index contributed by atoms with van der Waals surface area (Å²) in [5.41, 5.74) is 0.997. The molecule has 26 heavy (non-hydrogen) atoms. The van der Waals surface area contributed by atoms with Crippen LogP contribution in [0, 0.1) is 11.7 Å². The highest BCUT2D eigenvalue weighted by Crippen LogP contribution is 2.27. The number of hydrogen-bond acceptors (Lipinski definition) is 5. The molecule has 1 aromatic heterocycles. The Kier molecular flexibility index (Phi) is 5.35. The number of hydrogen-bond donors (Lipinski definition) is 1. The molecule has 1 N–H and O–H groups in total. The molecular weight excluding hydrogens is 333 g/mol. The quantitative estimate of drug-likeness (QED) is 0.891. The van der Waals surface area contributed by atoms with E-state index in [0.717, 1.165) is 17.9 Å². The number of amides is 1. The number of nitrogens with zero attached hydrogens (tertiary/aromatic N) is 4. The Morgan fingerprint density at radius 3 is 2.54 bits per heavy atom. The van der Waals surface area contributed by atoms with E-state index in [-0.39, 0.29) is 23.7 Å². The van der Waals surface area contributed by atoms with Gasteiger partial charge in [0.15, 0.2) is 0 Å². The number of rotatable bonds is 5. The first kappa shape index (κ1) is 18.1. The maximum Gasteiger partial charge on any atom is 0.241 e. The van der Waals surface area contributed by atoms with Gasteiger partial charge in [0.05, 0.1) is 12.6 Å². The van der Waals surface area contributed by atoms with Crippen molar-refractivity contribution in [1.29, 1.82) is 0 Å². The average molecular weight is 357 g/mol. The fourth-order valence-corrected chi connectivity index (χ4v) is 3.02. The van der Waals surface area contributed by atoms with Gasteiger partial charge in [0.25, 0.3) is 0 Å². The van der Waals surface area contributed by atoms with Crippen molar-refractivity contribution in [3.05, 3.63) is 48.0 Å². The summed E-state index contributed by atoms with van der Waals surface area (Å²) in [5.74, 6) is 1.52. The van der Waals surface area contributed by atoms with Crippen molar-refractivity contribution < 1.29 is 9.18 Å². The Morgan fingerprint density at radius 1 is 1.15 bits per heavy atom. The van der Waals surface area contributed by atoms with Gasteiger partial charge in [0.2, 0.25) is 5.91 Å². The molecule has 0 bridgehead atoms. The zero-order valence-electron chi connectivity index (χ0n) is 15.3. The summed E-state index contributed by atoms with van der Waals surface area (Å²) >= 11 is 0. The van der Waals surface area contributed by atoms with Gasteiger partial charge in [-0.25, -0.2) is 14.4 Å². The molecule has 1 aliphatic heterocycles. The first-order valence-electron chi connectivity index (χ1n) is 8.77. The number of anilines is 2. The van der Waals surface area contributed by atoms with Crippen LogP contribution in [0.25, 0.3) is 0 Å². The molecular formula is C19H24FN5O. The molecule has 0 radical (unpaired) electrons. The molecule has 1 amide bonds. The Bertz CT molecular complexity index is 765. The Morgan fingerprint density at radius 2 is 1.88 bits per heavy atom. The molecule has 2 aromatic rings. The van der Waals surface area contributed by atoms with Gasteiger partial charge in [-0.3, -0.25) is 4.79 Å². The van der Waals surface area contributed by atoms with Gasteiger partial charge in [-0.2, -0.15) is 0 Å². The Labute approximate surface area is 153 Å². The lowest BCUT2D eigenvalue weighted by atomic mass is 9.96. The second-order valence-electron chi connectivity index (χ2n) is 6.92. The topological polar surface area (TPSA) is 61.4 Å². The zero-order valence-corrected chi connectivity index (χ0v) is 15.3. The lowest BCUT2D eigenvalue weighted by Crippen LogP contribution is -2.48. The van der Waals surface area contributed by atoms with Crippen LogP contribution >= 0.6 is 0 Å². The maximum atomic E-state index is 13.2. The fraction of sp³-hybridized carbons (Fsp3) is 0.421. The van der Waals surface area contributed by atoms with Crippen LogP contribution in [0.2, 0.25) is 0 Å². The van der Waals surface area contributed by atoms with Gasteiger partial charge in [-0.05, 0) is 23.6 Å². The van der Waals surface area contributed by atoms with E-state index < -0.39 is 0 Å².